The first-order valence-corrected chi connectivity index (χ1v) is 12.5. The van der Waals surface area contributed by atoms with Gasteiger partial charge in [-0.15, -0.1) is 0 Å². The Balaban J connectivity index is 1.29. The molecule has 1 saturated heterocycles. The van der Waals surface area contributed by atoms with E-state index in [-0.39, 0.29) is 28.0 Å². The molecule has 0 atom stereocenters. The van der Waals surface area contributed by atoms with Crippen molar-refractivity contribution >= 4 is 51.4 Å². The first-order chi connectivity index (χ1) is 18.2. The molecule has 0 spiro atoms. The number of amides is 1. The standard InChI is InChI=1S/C27H25N5O5S/c1-15-11-16(2)24-20(12-15)29-26(37-24)19-7-6-18(14-23(19)33)28-27(38)30-25(34)17-5-8-21(22(13-17)32(35)36)31-9-3-4-10-31/h5-8,11-14,33H,3-4,9-10H2,1-2H3,(H2,28,30,34,38). The summed E-state index contributed by atoms with van der Waals surface area (Å²) in [6.07, 6.45) is 1.95. The molecule has 0 unspecified atom stereocenters. The number of rotatable bonds is 5. The van der Waals surface area contributed by atoms with Gasteiger partial charge in [0.05, 0.1) is 10.5 Å². The zero-order valence-corrected chi connectivity index (χ0v) is 21.6. The molecule has 0 bridgehead atoms. The lowest BCUT2D eigenvalue weighted by Gasteiger charge is -2.18. The normalized spacial score (nSPS) is 13.1. The van der Waals surface area contributed by atoms with Crippen LogP contribution in [0.25, 0.3) is 22.6 Å². The molecule has 1 aliphatic heterocycles. The molecule has 4 aromatic rings. The van der Waals surface area contributed by atoms with Crippen LogP contribution >= 0.6 is 12.2 Å². The van der Waals surface area contributed by atoms with Gasteiger partial charge in [0.1, 0.15) is 17.0 Å². The van der Waals surface area contributed by atoms with E-state index in [0.717, 1.165) is 37.1 Å². The number of hydrogen-bond donors (Lipinski definition) is 3. The van der Waals surface area contributed by atoms with Gasteiger partial charge in [-0.25, -0.2) is 4.98 Å². The third-order valence-corrected chi connectivity index (χ3v) is 6.62. The van der Waals surface area contributed by atoms with Crippen molar-refractivity contribution in [3.8, 4) is 17.2 Å². The Hall–Kier alpha value is -4.51. The number of nitro groups is 1. The van der Waals surface area contributed by atoms with Crippen molar-refractivity contribution in [2.45, 2.75) is 26.7 Å². The number of carbonyl (C=O) groups excluding carboxylic acids is 1. The average molecular weight is 532 g/mol. The Kier molecular flexibility index (Phi) is 6.68. The van der Waals surface area contributed by atoms with Crippen molar-refractivity contribution in [3.63, 3.8) is 0 Å². The predicted octanol–water partition coefficient (Wildman–Crippen LogP) is 5.45. The fourth-order valence-electron chi connectivity index (χ4n) is 4.66. The van der Waals surface area contributed by atoms with E-state index < -0.39 is 10.8 Å². The van der Waals surface area contributed by atoms with E-state index in [0.29, 0.717) is 28.0 Å². The highest BCUT2D eigenvalue weighted by Gasteiger charge is 2.24. The number of benzene rings is 3. The van der Waals surface area contributed by atoms with Crippen LogP contribution in [0.2, 0.25) is 0 Å². The van der Waals surface area contributed by atoms with Gasteiger partial charge in [0, 0.05) is 36.5 Å². The summed E-state index contributed by atoms with van der Waals surface area (Å²) in [6.45, 7) is 5.41. The van der Waals surface area contributed by atoms with Gasteiger partial charge in [0.2, 0.25) is 5.89 Å². The van der Waals surface area contributed by atoms with Crippen molar-refractivity contribution in [3.05, 3.63) is 75.3 Å². The molecule has 0 saturated carbocycles. The summed E-state index contributed by atoms with van der Waals surface area (Å²) in [5.41, 5.74) is 4.71. The molecular formula is C27H25N5O5S. The summed E-state index contributed by atoms with van der Waals surface area (Å²) >= 11 is 5.25. The lowest BCUT2D eigenvalue weighted by atomic mass is 10.1. The highest BCUT2D eigenvalue weighted by atomic mass is 32.1. The zero-order chi connectivity index (χ0) is 27.0. The lowest BCUT2D eigenvalue weighted by Crippen LogP contribution is -2.34. The fraction of sp³-hybridized carbons (Fsp3) is 0.222. The Morgan fingerprint density at radius 1 is 1.13 bits per heavy atom. The van der Waals surface area contributed by atoms with E-state index >= 15 is 0 Å². The second-order valence-electron chi connectivity index (χ2n) is 9.24. The molecule has 194 valence electrons. The fourth-order valence-corrected chi connectivity index (χ4v) is 4.87. The van der Waals surface area contributed by atoms with Gasteiger partial charge in [-0.1, -0.05) is 6.07 Å². The van der Waals surface area contributed by atoms with Gasteiger partial charge < -0.3 is 19.7 Å². The van der Waals surface area contributed by atoms with Crippen LogP contribution < -0.4 is 15.5 Å². The largest absolute Gasteiger partial charge is 0.507 e. The van der Waals surface area contributed by atoms with E-state index in [1.54, 1.807) is 24.3 Å². The molecule has 1 aromatic heterocycles. The molecule has 2 heterocycles. The summed E-state index contributed by atoms with van der Waals surface area (Å²) in [5, 5.41) is 27.6. The number of nitro benzene ring substituents is 1. The number of oxazole rings is 1. The van der Waals surface area contributed by atoms with Crippen molar-refractivity contribution in [1.29, 1.82) is 0 Å². The van der Waals surface area contributed by atoms with Crippen LogP contribution in [0.4, 0.5) is 17.1 Å². The molecule has 5 rings (SSSR count). The molecule has 10 nitrogen and oxygen atoms in total. The summed E-state index contributed by atoms with van der Waals surface area (Å²) in [5.74, 6) is -0.387. The van der Waals surface area contributed by atoms with E-state index in [4.69, 9.17) is 16.6 Å². The van der Waals surface area contributed by atoms with Crippen molar-refractivity contribution in [2.24, 2.45) is 0 Å². The van der Waals surface area contributed by atoms with Gasteiger partial charge in [-0.3, -0.25) is 20.2 Å². The summed E-state index contributed by atoms with van der Waals surface area (Å²) in [7, 11) is 0. The highest BCUT2D eigenvalue weighted by Crippen LogP contribution is 2.34. The molecule has 1 amide bonds. The Morgan fingerprint density at radius 2 is 1.89 bits per heavy atom. The lowest BCUT2D eigenvalue weighted by molar-refractivity contribution is -0.384. The van der Waals surface area contributed by atoms with E-state index in [9.17, 15) is 20.0 Å². The van der Waals surface area contributed by atoms with Gasteiger partial charge >= 0.3 is 0 Å². The summed E-state index contributed by atoms with van der Waals surface area (Å²) in [6, 6.07) is 13.1. The third-order valence-electron chi connectivity index (χ3n) is 6.41. The van der Waals surface area contributed by atoms with Gasteiger partial charge in [-0.05, 0) is 80.4 Å². The van der Waals surface area contributed by atoms with Crippen LogP contribution in [-0.2, 0) is 0 Å². The number of fused-ring (bicyclic) bond motifs is 1. The number of nitrogens with zero attached hydrogens (tertiary/aromatic N) is 3. The van der Waals surface area contributed by atoms with Crippen LogP contribution in [0, 0.1) is 24.0 Å². The van der Waals surface area contributed by atoms with Crippen LogP contribution in [0.5, 0.6) is 5.75 Å². The highest BCUT2D eigenvalue weighted by molar-refractivity contribution is 7.80. The Labute approximate surface area is 223 Å². The summed E-state index contributed by atoms with van der Waals surface area (Å²) in [4.78, 5) is 30.4. The monoisotopic (exact) mass is 531 g/mol. The summed E-state index contributed by atoms with van der Waals surface area (Å²) < 4.78 is 5.89. The first-order valence-electron chi connectivity index (χ1n) is 12.1. The average Bonchev–Trinajstić information content (AvgIpc) is 3.54. The SMILES string of the molecule is Cc1cc(C)c2oc(-c3ccc(NC(=S)NC(=O)c4ccc(N5CCCC5)c([N+](=O)[O-])c4)cc3O)nc2c1. The van der Waals surface area contributed by atoms with Crippen molar-refractivity contribution in [1.82, 2.24) is 10.3 Å². The molecule has 3 N–H and O–H groups in total. The maximum absolute atomic E-state index is 12.8. The molecule has 1 fully saturated rings. The minimum atomic E-state index is -0.587. The quantitative estimate of drug-likeness (QED) is 0.174. The van der Waals surface area contributed by atoms with Gasteiger partial charge in [0.15, 0.2) is 10.7 Å². The maximum atomic E-state index is 12.8. The minimum Gasteiger partial charge on any atom is -0.507 e. The number of nitrogens with one attached hydrogen (secondary N) is 2. The Morgan fingerprint density at radius 3 is 2.61 bits per heavy atom. The molecule has 3 aromatic carbocycles. The molecule has 0 aliphatic carbocycles. The molecule has 11 heteroatoms. The minimum absolute atomic E-state index is 0.0265. The topological polar surface area (TPSA) is 134 Å². The Bertz CT molecular complexity index is 1590. The number of aromatic hydroxyl groups is 1. The smallest absolute Gasteiger partial charge is 0.293 e. The zero-order valence-electron chi connectivity index (χ0n) is 20.8. The van der Waals surface area contributed by atoms with Gasteiger partial charge in [0.25, 0.3) is 11.6 Å². The van der Waals surface area contributed by atoms with E-state index in [1.807, 2.05) is 30.9 Å². The number of phenols is 1. The second-order valence-corrected chi connectivity index (χ2v) is 9.65. The molecule has 1 aliphatic rings. The van der Waals surface area contributed by atoms with Crippen molar-refractivity contribution < 1.29 is 19.2 Å². The predicted molar refractivity (Wildman–Crippen MR) is 149 cm³/mol. The van der Waals surface area contributed by atoms with E-state index in [1.165, 1.54) is 12.1 Å². The number of aryl methyl sites for hydroxylation is 2. The number of phenolic OH excluding ortho intramolecular Hbond substituents is 1. The number of hydrogen-bond acceptors (Lipinski definition) is 8. The molecular weight excluding hydrogens is 506 g/mol. The molecule has 38 heavy (non-hydrogen) atoms. The number of anilines is 2. The van der Waals surface area contributed by atoms with Crippen LogP contribution in [0.15, 0.2) is 52.9 Å². The number of aromatic nitrogens is 1. The van der Waals surface area contributed by atoms with Crippen LogP contribution in [-0.4, -0.2) is 39.1 Å². The number of carbonyl (C=O) groups is 1. The van der Waals surface area contributed by atoms with Crippen LogP contribution in [0.1, 0.15) is 34.3 Å². The maximum Gasteiger partial charge on any atom is 0.293 e. The molecule has 0 radical (unpaired) electrons. The van der Waals surface area contributed by atoms with Gasteiger partial charge in [-0.2, -0.15) is 0 Å². The number of thiocarbonyl (C=S) groups is 1. The third kappa shape index (κ3) is 5.00. The second kappa shape index (κ2) is 10.1. The van der Waals surface area contributed by atoms with E-state index in [2.05, 4.69) is 15.6 Å². The van der Waals surface area contributed by atoms with Crippen LogP contribution in [0.3, 0.4) is 0 Å². The van der Waals surface area contributed by atoms with Crippen molar-refractivity contribution in [2.75, 3.05) is 23.3 Å². The first kappa shape index (κ1) is 25.2.